The number of hydrogen-bond acceptors (Lipinski definition) is 2. The first-order chi connectivity index (χ1) is 7.79. The van der Waals surface area contributed by atoms with Crippen LogP contribution in [0.25, 0.3) is 0 Å². The second-order valence-electron chi connectivity index (χ2n) is 3.94. The topological polar surface area (TPSA) is 32.3 Å². The van der Waals surface area contributed by atoms with Crippen LogP contribution < -0.4 is 24.0 Å². The average molecular weight is 222 g/mol. The Kier molecular flexibility index (Phi) is 5.41. The number of allylic oxidation sites excluding steroid dienone is 2. The van der Waals surface area contributed by atoms with Crippen LogP contribution in [0.5, 0.6) is 0 Å². The van der Waals surface area contributed by atoms with Crippen molar-refractivity contribution in [3.63, 3.8) is 0 Å². The molecular weight excluding hydrogens is 207 g/mol. The number of hydrogen-bond donors (Lipinski definition) is 0. The van der Waals surface area contributed by atoms with E-state index in [9.17, 15) is 5.11 Å². The smallest absolute Gasteiger partial charge is 0.875 e. The minimum atomic E-state index is 0. The van der Waals surface area contributed by atoms with Crippen LogP contribution in [0.3, 0.4) is 0 Å². The molecule has 1 aromatic carbocycles. The third-order valence-corrected chi connectivity index (χ3v) is 2.82. The van der Waals surface area contributed by atoms with Gasteiger partial charge in [0.2, 0.25) is 0 Å². The monoisotopic (exact) mass is 222 g/mol. The fourth-order valence-corrected chi connectivity index (χ4v) is 1.93. The first kappa shape index (κ1) is 14.0. The largest absolute Gasteiger partial charge is 1.00 e. The third-order valence-electron chi connectivity index (χ3n) is 2.82. The van der Waals surface area contributed by atoms with Crippen LogP contribution in [-0.2, 0) is 4.74 Å². The summed E-state index contributed by atoms with van der Waals surface area (Å²) >= 11 is 0. The predicted octanol–water partition coefficient (Wildman–Crippen LogP) is -0.657. The maximum atomic E-state index is 11.5. The van der Waals surface area contributed by atoms with Gasteiger partial charge in [0.05, 0.1) is 12.9 Å². The molecule has 17 heavy (non-hydrogen) atoms. The van der Waals surface area contributed by atoms with E-state index in [1.54, 1.807) is 13.2 Å². The molecule has 0 spiro atoms. The molecule has 2 nitrogen and oxygen atoms in total. The quantitative estimate of drug-likeness (QED) is 0.622. The molecule has 1 aliphatic carbocycles. The predicted molar refractivity (Wildman–Crippen MR) is 61.6 cm³/mol. The van der Waals surface area contributed by atoms with Crippen LogP contribution in [0.1, 0.15) is 24.3 Å². The Hall–Kier alpha value is -1.10. The zero-order chi connectivity index (χ0) is 11.4. The molecule has 1 atom stereocenters. The summed E-state index contributed by atoms with van der Waals surface area (Å²) < 4.78 is 5.21. The van der Waals surface area contributed by atoms with Crippen molar-refractivity contribution in [2.45, 2.75) is 18.8 Å². The van der Waals surface area contributed by atoms with E-state index in [0.29, 0.717) is 6.42 Å². The van der Waals surface area contributed by atoms with Crippen molar-refractivity contribution in [3.8, 4) is 0 Å². The summed E-state index contributed by atoms with van der Waals surface area (Å²) in [7, 11) is 1.62. The van der Waals surface area contributed by atoms with Crippen LogP contribution in [0, 0.1) is 0 Å². The maximum Gasteiger partial charge on any atom is 1.00 e. The van der Waals surface area contributed by atoms with Crippen molar-refractivity contribution in [1.82, 2.24) is 0 Å². The SMILES string of the molecule is COC1=C[C@@H](c2ccccc2)CC=C([O-])C1.[Li+]. The van der Waals surface area contributed by atoms with Crippen molar-refractivity contribution in [3.05, 3.63) is 59.6 Å². The van der Waals surface area contributed by atoms with Gasteiger partial charge in [0.25, 0.3) is 0 Å². The molecule has 3 heteroatoms. The normalized spacial score (nSPS) is 19.5. The van der Waals surface area contributed by atoms with Gasteiger partial charge < -0.3 is 9.84 Å². The molecule has 2 rings (SSSR count). The number of rotatable bonds is 2. The van der Waals surface area contributed by atoms with Gasteiger partial charge in [-0.05, 0) is 18.1 Å². The molecule has 0 bridgehead atoms. The van der Waals surface area contributed by atoms with Crippen molar-refractivity contribution in [2.24, 2.45) is 0 Å². The Morgan fingerprint density at radius 1 is 1.24 bits per heavy atom. The van der Waals surface area contributed by atoms with Crippen molar-refractivity contribution < 1.29 is 28.7 Å². The fourth-order valence-electron chi connectivity index (χ4n) is 1.93. The zero-order valence-electron chi connectivity index (χ0n) is 10.3. The molecule has 0 N–H and O–H groups in total. The van der Waals surface area contributed by atoms with Gasteiger partial charge >= 0.3 is 18.9 Å². The maximum absolute atomic E-state index is 11.5. The van der Waals surface area contributed by atoms with E-state index in [0.717, 1.165) is 12.2 Å². The molecule has 0 saturated heterocycles. The van der Waals surface area contributed by atoms with Crippen molar-refractivity contribution >= 4 is 0 Å². The Balaban J connectivity index is 0.00000144. The van der Waals surface area contributed by atoms with Crippen molar-refractivity contribution in [1.29, 1.82) is 0 Å². The Labute approximate surface area is 114 Å². The van der Waals surface area contributed by atoms with E-state index >= 15 is 0 Å². The van der Waals surface area contributed by atoms with Crippen LogP contribution in [0.4, 0.5) is 0 Å². The van der Waals surface area contributed by atoms with Gasteiger partial charge in [-0.15, -0.1) is 5.76 Å². The molecule has 0 heterocycles. The van der Waals surface area contributed by atoms with Gasteiger partial charge in [0.1, 0.15) is 0 Å². The van der Waals surface area contributed by atoms with Gasteiger partial charge in [-0.2, -0.15) is 0 Å². The third kappa shape index (κ3) is 3.69. The van der Waals surface area contributed by atoms with Crippen molar-refractivity contribution in [2.75, 3.05) is 7.11 Å². The molecular formula is C14H15LiO2. The summed E-state index contributed by atoms with van der Waals surface area (Å²) in [6, 6.07) is 10.2. The molecule has 0 saturated carbocycles. The Bertz CT molecular complexity index is 409. The van der Waals surface area contributed by atoms with Crippen LogP contribution >= 0.6 is 0 Å². The molecule has 1 aromatic rings. The first-order valence-corrected chi connectivity index (χ1v) is 5.45. The standard InChI is InChI=1S/C14H16O2.Li/c1-16-14-9-12(7-8-13(15)10-14)11-5-3-2-4-6-11;/h2-6,8-9,12,15H,7,10H2,1H3;/q;+1/p-1/t12-;/m0./s1. The summed E-state index contributed by atoms with van der Waals surface area (Å²) in [4.78, 5) is 0. The van der Waals surface area contributed by atoms with E-state index in [4.69, 9.17) is 4.74 Å². The summed E-state index contributed by atoms with van der Waals surface area (Å²) in [5.74, 6) is 1.17. The summed E-state index contributed by atoms with van der Waals surface area (Å²) in [5.41, 5.74) is 1.23. The van der Waals surface area contributed by atoms with Crippen LogP contribution in [0.2, 0.25) is 0 Å². The summed E-state index contributed by atoms with van der Waals surface area (Å²) in [6.45, 7) is 0. The molecule has 0 unspecified atom stereocenters. The Morgan fingerprint density at radius 3 is 2.59 bits per heavy atom. The number of ether oxygens (including phenoxy) is 1. The summed E-state index contributed by atoms with van der Waals surface area (Å²) in [5, 5.41) is 11.5. The summed E-state index contributed by atoms with van der Waals surface area (Å²) in [6.07, 6.45) is 4.96. The van der Waals surface area contributed by atoms with Gasteiger partial charge in [0.15, 0.2) is 0 Å². The molecule has 1 aliphatic rings. The second kappa shape index (κ2) is 6.59. The van der Waals surface area contributed by atoms with E-state index in [-0.39, 0.29) is 30.5 Å². The molecule has 84 valence electrons. The van der Waals surface area contributed by atoms with Gasteiger partial charge in [0, 0.05) is 12.3 Å². The molecule has 0 aromatic heterocycles. The molecule has 0 radical (unpaired) electrons. The first-order valence-electron chi connectivity index (χ1n) is 5.45. The van der Waals surface area contributed by atoms with E-state index < -0.39 is 0 Å². The Morgan fingerprint density at radius 2 is 1.94 bits per heavy atom. The average Bonchev–Trinajstić information content (AvgIpc) is 2.52. The zero-order valence-corrected chi connectivity index (χ0v) is 10.3. The minimum absolute atomic E-state index is 0. The number of benzene rings is 1. The number of methoxy groups -OCH3 is 1. The molecule has 0 amide bonds. The van der Waals surface area contributed by atoms with Gasteiger partial charge in [-0.25, -0.2) is 0 Å². The fraction of sp³-hybridized carbons (Fsp3) is 0.286. The minimum Gasteiger partial charge on any atom is -0.875 e. The van der Waals surface area contributed by atoms with Gasteiger partial charge in [-0.3, -0.25) is 0 Å². The van der Waals surface area contributed by atoms with E-state index in [2.05, 4.69) is 18.2 Å². The van der Waals surface area contributed by atoms with Gasteiger partial charge in [-0.1, -0.05) is 36.4 Å². The molecule has 0 fully saturated rings. The molecule has 0 aliphatic heterocycles. The van der Waals surface area contributed by atoms with Crippen LogP contribution in [0.15, 0.2) is 54.0 Å². The second-order valence-corrected chi connectivity index (χ2v) is 3.94. The van der Waals surface area contributed by atoms with E-state index in [1.807, 2.05) is 18.2 Å². The van der Waals surface area contributed by atoms with E-state index in [1.165, 1.54) is 5.56 Å². The van der Waals surface area contributed by atoms with Crippen LogP contribution in [-0.4, -0.2) is 7.11 Å².